The molecule has 2 aromatic carbocycles. The van der Waals surface area contributed by atoms with Gasteiger partial charge in [-0.15, -0.1) is 0 Å². The fourth-order valence-corrected chi connectivity index (χ4v) is 2.01. The Balaban J connectivity index is 1.99. The van der Waals surface area contributed by atoms with E-state index in [1.54, 1.807) is 30.3 Å². The number of benzene rings is 2. The number of hydrogen-bond donors (Lipinski definition) is 1. The lowest BCUT2D eigenvalue weighted by Gasteiger charge is -2.06. The molecule has 1 amide bonds. The van der Waals surface area contributed by atoms with Crippen LogP contribution in [-0.2, 0) is 4.79 Å². The fraction of sp³-hybridized carbons (Fsp3) is 0.0667. The number of anilines is 1. The van der Waals surface area contributed by atoms with Gasteiger partial charge in [0.1, 0.15) is 0 Å². The van der Waals surface area contributed by atoms with E-state index in [0.717, 1.165) is 4.47 Å². The molecular weight excluding hydrogens is 306 g/mol. The summed E-state index contributed by atoms with van der Waals surface area (Å²) >= 11 is 3.34. The zero-order valence-electron chi connectivity index (χ0n) is 10.1. The van der Waals surface area contributed by atoms with Crippen LogP contribution in [0.4, 0.5) is 5.69 Å². The number of para-hydroxylation sites is 1. The van der Waals surface area contributed by atoms with E-state index in [2.05, 4.69) is 21.2 Å². The van der Waals surface area contributed by atoms with E-state index < -0.39 is 0 Å². The number of ketones is 1. The molecule has 1 N–H and O–H groups in total. The molecule has 3 nitrogen and oxygen atoms in total. The summed E-state index contributed by atoms with van der Waals surface area (Å²) in [5.41, 5.74) is 1.21. The van der Waals surface area contributed by atoms with Gasteiger partial charge in [-0.3, -0.25) is 9.59 Å². The molecule has 2 aromatic rings. The van der Waals surface area contributed by atoms with E-state index >= 15 is 0 Å². The summed E-state index contributed by atoms with van der Waals surface area (Å²) in [6, 6.07) is 16.1. The molecular formula is C15H12BrNO2. The van der Waals surface area contributed by atoms with Gasteiger partial charge in [0.15, 0.2) is 5.78 Å². The van der Waals surface area contributed by atoms with Gasteiger partial charge in [0.2, 0.25) is 5.91 Å². The minimum Gasteiger partial charge on any atom is -0.325 e. The predicted octanol–water partition coefficient (Wildman–Crippen LogP) is 3.66. The summed E-state index contributed by atoms with van der Waals surface area (Å²) < 4.78 is 0.788. The smallest absolute Gasteiger partial charge is 0.232 e. The van der Waals surface area contributed by atoms with Gasteiger partial charge < -0.3 is 5.32 Å². The molecule has 2 rings (SSSR count). The highest BCUT2D eigenvalue weighted by molar-refractivity contribution is 9.10. The Hall–Kier alpha value is -1.94. The lowest BCUT2D eigenvalue weighted by atomic mass is 10.1. The molecule has 0 aliphatic heterocycles. The monoisotopic (exact) mass is 317 g/mol. The number of rotatable bonds is 4. The van der Waals surface area contributed by atoms with Crippen molar-refractivity contribution in [2.45, 2.75) is 6.42 Å². The minimum absolute atomic E-state index is 0.161. The quantitative estimate of drug-likeness (QED) is 0.691. The fourth-order valence-electron chi connectivity index (χ4n) is 1.63. The number of carbonyl (C=O) groups excluding carboxylic acids is 2. The van der Waals surface area contributed by atoms with Gasteiger partial charge in [-0.05, 0) is 28.1 Å². The SMILES string of the molecule is O=C(CC(=O)c1ccccc1)Nc1ccccc1Br. The average molecular weight is 318 g/mol. The molecule has 4 heteroatoms. The van der Waals surface area contributed by atoms with Crippen LogP contribution in [0.1, 0.15) is 16.8 Å². The Morgan fingerprint density at radius 3 is 2.26 bits per heavy atom. The first kappa shape index (κ1) is 13.5. The Morgan fingerprint density at radius 2 is 1.58 bits per heavy atom. The topological polar surface area (TPSA) is 46.2 Å². The molecule has 0 fully saturated rings. The van der Waals surface area contributed by atoms with Crippen LogP contribution in [-0.4, -0.2) is 11.7 Å². The van der Waals surface area contributed by atoms with Gasteiger partial charge in [0, 0.05) is 10.0 Å². The van der Waals surface area contributed by atoms with E-state index in [4.69, 9.17) is 0 Å². The zero-order valence-corrected chi connectivity index (χ0v) is 11.7. The molecule has 0 bridgehead atoms. The lowest BCUT2D eigenvalue weighted by Crippen LogP contribution is -2.16. The minimum atomic E-state index is -0.319. The van der Waals surface area contributed by atoms with Crippen molar-refractivity contribution in [1.82, 2.24) is 0 Å². The van der Waals surface area contributed by atoms with Crippen LogP contribution in [0.25, 0.3) is 0 Å². The van der Waals surface area contributed by atoms with Gasteiger partial charge in [-0.1, -0.05) is 42.5 Å². The van der Waals surface area contributed by atoms with Crippen molar-refractivity contribution in [3.05, 3.63) is 64.6 Å². The number of Topliss-reactive ketones (excluding diaryl/α,β-unsaturated/α-hetero) is 1. The van der Waals surface area contributed by atoms with Gasteiger partial charge in [-0.2, -0.15) is 0 Å². The van der Waals surface area contributed by atoms with Gasteiger partial charge in [0.25, 0.3) is 0 Å². The second kappa shape index (κ2) is 6.29. The van der Waals surface area contributed by atoms with Crippen molar-refractivity contribution in [2.75, 3.05) is 5.32 Å². The third-order valence-electron chi connectivity index (χ3n) is 2.56. The molecule has 0 saturated carbocycles. The number of amides is 1. The van der Waals surface area contributed by atoms with E-state index in [1.807, 2.05) is 24.3 Å². The molecule has 0 spiro atoms. The Bertz CT molecular complexity index is 596. The first-order valence-corrected chi connectivity index (χ1v) is 6.59. The van der Waals surface area contributed by atoms with Crippen LogP contribution in [0.3, 0.4) is 0 Å². The van der Waals surface area contributed by atoms with Gasteiger partial charge in [0.05, 0.1) is 12.1 Å². The first-order valence-electron chi connectivity index (χ1n) is 5.79. The third kappa shape index (κ3) is 3.76. The Labute approximate surface area is 119 Å². The summed E-state index contributed by atoms with van der Waals surface area (Å²) in [5.74, 6) is -0.508. The second-order valence-corrected chi connectivity index (χ2v) is 4.85. The van der Waals surface area contributed by atoms with Gasteiger partial charge >= 0.3 is 0 Å². The van der Waals surface area contributed by atoms with Crippen molar-refractivity contribution in [3.63, 3.8) is 0 Å². The summed E-state index contributed by atoms with van der Waals surface area (Å²) in [7, 11) is 0. The normalized spacial score (nSPS) is 9.95. The average Bonchev–Trinajstić information content (AvgIpc) is 2.42. The van der Waals surface area contributed by atoms with Crippen LogP contribution in [0.15, 0.2) is 59.1 Å². The third-order valence-corrected chi connectivity index (χ3v) is 3.26. The number of carbonyl (C=O) groups is 2. The van der Waals surface area contributed by atoms with Crippen molar-refractivity contribution in [3.8, 4) is 0 Å². The summed E-state index contributed by atoms with van der Waals surface area (Å²) in [6.07, 6.45) is -0.161. The van der Waals surface area contributed by atoms with Gasteiger partial charge in [-0.25, -0.2) is 0 Å². The molecule has 0 saturated heterocycles. The maximum absolute atomic E-state index is 11.9. The molecule has 0 heterocycles. The van der Waals surface area contributed by atoms with Crippen molar-refractivity contribution in [2.24, 2.45) is 0 Å². The molecule has 96 valence electrons. The molecule has 0 atom stereocenters. The second-order valence-electron chi connectivity index (χ2n) is 3.99. The van der Waals surface area contributed by atoms with Crippen LogP contribution < -0.4 is 5.32 Å². The molecule has 0 radical (unpaired) electrons. The van der Waals surface area contributed by atoms with Crippen molar-refractivity contribution in [1.29, 1.82) is 0 Å². The molecule has 0 aliphatic rings. The van der Waals surface area contributed by atoms with Crippen LogP contribution >= 0.6 is 15.9 Å². The predicted molar refractivity (Wildman–Crippen MR) is 78.2 cm³/mol. The van der Waals surface area contributed by atoms with E-state index in [-0.39, 0.29) is 18.1 Å². The van der Waals surface area contributed by atoms with E-state index in [1.165, 1.54) is 0 Å². The first-order chi connectivity index (χ1) is 9.16. The maximum Gasteiger partial charge on any atom is 0.232 e. The number of hydrogen-bond acceptors (Lipinski definition) is 2. The van der Waals surface area contributed by atoms with Crippen molar-refractivity contribution >= 4 is 33.3 Å². The number of nitrogens with one attached hydrogen (secondary N) is 1. The summed E-state index contributed by atoms with van der Waals surface area (Å²) in [6.45, 7) is 0. The standard InChI is InChI=1S/C15H12BrNO2/c16-12-8-4-5-9-13(12)17-15(19)10-14(18)11-6-2-1-3-7-11/h1-9H,10H2,(H,17,19). The van der Waals surface area contributed by atoms with E-state index in [9.17, 15) is 9.59 Å². The Kier molecular flexibility index (Phi) is 4.47. The number of halogens is 1. The molecule has 19 heavy (non-hydrogen) atoms. The van der Waals surface area contributed by atoms with E-state index in [0.29, 0.717) is 11.3 Å². The maximum atomic E-state index is 11.9. The highest BCUT2D eigenvalue weighted by Crippen LogP contribution is 2.21. The summed E-state index contributed by atoms with van der Waals surface area (Å²) in [4.78, 5) is 23.7. The zero-order chi connectivity index (χ0) is 13.7. The van der Waals surface area contributed by atoms with Crippen LogP contribution in [0, 0.1) is 0 Å². The lowest BCUT2D eigenvalue weighted by molar-refractivity contribution is -0.115. The summed E-state index contributed by atoms with van der Waals surface area (Å²) in [5, 5.41) is 2.70. The Morgan fingerprint density at radius 1 is 0.947 bits per heavy atom. The highest BCUT2D eigenvalue weighted by atomic mass is 79.9. The molecule has 0 aromatic heterocycles. The van der Waals surface area contributed by atoms with Crippen molar-refractivity contribution < 1.29 is 9.59 Å². The van der Waals surface area contributed by atoms with Crippen LogP contribution in [0.5, 0.6) is 0 Å². The highest BCUT2D eigenvalue weighted by Gasteiger charge is 2.12. The molecule has 0 aliphatic carbocycles. The largest absolute Gasteiger partial charge is 0.325 e. The van der Waals surface area contributed by atoms with Crippen LogP contribution in [0.2, 0.25) is 0 Å². The molecule has 0 unspecified atom stereocenters.